The molecular formula is C19H19N3O2. The first-order chi connectivity index (χ1) is 11.6. The number of hydrogen-bond donors (Lipinski definition) is 1. The predicted molar refractivity (Wildman–Crippen MR) is 91.6 cm³/mol. The van der Waals surface area contributed by atoms with E-state index in [1.165, 1.54) is 4.90 Å². The van der Waals surface area contributed by atoms with Crippen LogP contribution < -0.4 is 5.32 Å². The van der Waals surface area contributed by atoms with Crippen molar-refractivity contribution in [2.24, 2.45) is 5.92 Å². The van der Waals surface area contributed by atoms with Crippen molar-refractivity contribution in [2.75, 3.05) is 0 Å². The summed E-state index contributed by atoms with van der Waals surface area (Å²) < 4.78 is 0. The van der Waals surface area contributed by atoms with Crippen molar-refractivity contribution in [1.29, 1.82) is 0 Å². The maximum Gasteiger partial charge on any atom is 0.277 e. The van der Waals surface area contributed by atoms with Crippen LogP contribution in [0.1, 0.15) is 29.9 Å². The van der Waals surface area contributed by atoms with Gasteiger partial charge >= 0.3 is 0 Å². The zero-order valence-corrected chi connectivity index (χ0v) is 13.6. The number of rotatable bonds is 3. The number of pyridine rings is 1. The van der Waals surface area contributed by atoms with Crippen LogP contribution in [0.2, 0.25) is 0 Å². The van der Waals surface area contributed by atoms with Crippen LogP contribution >= 0.6 is 0 Å². The van der Waals surface area contributed by atoms with Gasteiger partial charge in [0.05, 0.1) is 5.70 Å². The summed E-state index contributed by atoms with van der Waals surface area (Å²) in [4.78, 5) is 31.1. The summed E-state index contributed by atoms with van der Waals surface area (Å²) in [5, 5.41) is 2.91. The van der Waals surface area contributed by atoms with E-state index in [1.54, 1.807) is 30.6 Å². The van der Waals surface area contributed by atoms with E-state index in [2.05, 4.69) is 10.3 Å². The quantitative estimate of drug-likeness (QED) is 0.945. The Labute approximate surface area is 141 Å². The van der Waals surface area contributed by atoms with Gasteiger partial charge in [-0.2, -0.15) is 0 Å². The van der Waals surface area contributed by atoms with E-state index in [0.717, 1.165) is 5.56 Å². The molecule has 2 heterocycles. The standard InChI is InChI=1S/C19H19N3O2/c1-13(2)17-18(23)21-16(14-8-4-3-5-9-14)12-22(17)19(24)15-10-6-7-11-20-15/h3-13,17H,1-2H3,(H,21,23)/t17-/m0/s1. The lowest BCUT2D eigenvalue weighted by atomic mass is 9.98. The Bertz CT molecular complexity index is 770. The fourth-order valence-electron chi connectivity index (χ4n) is 2.78. The Balaban J connectivity index is 2.03. The Kier molecular flexibility index (Phi) is 4.42. The summed E-state index contributed by atoms with van der Waals surface area (Å²) in [7, 11) is 0. The minimum absolute atomic E-state index is 0.0220. The van der Waals surface area contributed by atoms with Gasteiger partial charge in [-0.25, -0.2) is 0 Å². The summed E-state index contributed by atoms with van der Waals surface area (Å²) in [6, 6.07) is 14.1. The summed E-state index contributed by atoms with van der Waals surface area (Å²) in [6.45, 7) is 3.84. The molecule has 0 saturated carbocycles. The molecule has 1 aliphatic heterocycles. The van der Waals surface area contributed by atoms with Gasteiger partial charge in [-0.05, 0) is 23.6 Å². The van der Waals surface area contributed by atoms with Crippen LogP contribution in [0.5, 0.6) is 0 Å². The molecule has 2 amide bonds. The number of aromatic nitrogens is 1. The van der Waals surface area contributed by atoms with Crippen LogP contribution in [0.25, 0.3) is 5.70 Å². The minimum atomic E-state index is -0.563. The third-order valence-electron chi connectivity index (χ3n) is 3.93. The van der Waals surface area contributed by atoms with Crippen molar-refractivity contribution in [1.82, 2.24) is 15.2 Å². The molecule has 3 rings (SSSR count). The van der Waals surface area contributed by atoms with Crippen molar-refractivity contribution in [3.05, 3.63) is 72.2 Å². The second-order valence-electron chi connectivity index (χ2n) is 6.01. The Hall–Kier alpha value is -2.95. The van der Waals surface area contributed by atoms with Gasteiger partial charge in [0.15, 0.2) is 0 Å². The number of amides is 2. The summed E-state index contributed by atoms with van der Waals surface area (Å²) >= 11 is 0. The van der Waals surface area contributed by atoms with Gasteiger partial charge in [-0.3, -0.25) is 19.5 Å². The second-order valence-corrected chi connectivity index (χ2v) is 6.01. The molecule has 1 aromatic heterocycles. The van der Waals surface area contributed by atoms with Crippen LogP contribution in [0.4, 0.5) is 0 Å². The molecule has 0 spiro atoms. The van der Waals surface area contributed by atoms with Crippen LogP contribution in [0.15, 0.2) is 60.9 Å². The molecule has 1 N–H and O–H groups in total. The van der Waals surface area contributed by atoms with Gasteiger partial charge in [0.2, 0.25) is 5.91 Å². The maximum absolute atomic E-state index is 12.9. The highest BCUT2D eigenvalue weighted by atomic mass is 16.2. The normalized spacial score (nSPS) is 17.5. The molecule has 0 radical (unpaired) electrons. The predicted octanol–water partition coefficient (Wildman–Crippen LogP) is 2.68. The van der Waals surface area contributed by atoms with Gasteiger partial charge in [-0.15, -0.1) is 0 Å². The molecule has 0 unspecified atom stereocenters. The number of hydrogen-bond acceptors (Lipinski definition) is 3. The van der Waals surface area contributed by atoms with Gasteiger partial charge in [0, 0.05) is 12.4 Å². The molecule has 24 heavy (non-hydrogen) atoms. The van der Waals surface area contributed by atoms with E-state index in [0.29, 0.717) is 11.4 Å². The summed E-state index contributed by atoms with van der Waals surface area (Å²) in [6.07, 6.45) is 3.28. The number of carbonyl (C=O) groups is 2. The molecule has 0 aliphatic carbocycles. The van der Waals surface area contributed by atoms with Crippen LogP contribution in [-0.4, -0.2) is 27.7 Å². The zero-order valence-electron chi connectivity index (χ0n) is 13.6. The average molecular weight is 321 g/mol. The third kappa shape index (κ3) is 3.06. The molecule has 5 heteroatoms. The summed E-state index contributed by atoms with van der Waals surface area (Å²) in [5.74, 6) is -0.487. The van der Waals surface area contributed by atoms with Crippen LogP contribution in [0.3, 0.4) is 0 Å². The SMILES string of the molecule is CC(C)[C@H]1C(=O)NC(c2ccccc2)=CN1C(=O)c1ccccn1. The lowest BCUT2D eigenvalue weighted by Crippen LogP contribution is -2.53. The van der Waals surface area contributed by atoms with Crippen molar-refractivity contribution in [2.45, 2.75) is 19.9 Å². The summed E-state index contributed by atoms with van der Waals surface area (Å²) in [5.41, 5.74) is 1.79. The van der Waals surface area contributed by atoms with E-state index in [1.807, 2.05) is 44.2 Å². The van der Waals surface area contributed by atoms with E-state index in [-0.39, 0.29) is 17.7 Å². The average Bonchev–Trinajstić information content (AvgIpc) is 2.61. The van der Waals surface area contributed by atoms with E-state index < -0.39 is 6.04 Å². The fraction of sp³-hybridized carbons (Fsp3) is 0.211. The van der Waals surface area contributed by atoms with Gasteiger partial charge in [0.25, 0.3) is 5.91 Å². The Morgan fingerprint density at radius 3 is 2.46 bits per heavy atom. The highest BCUT2D eigenvalue weighted by Gasteiger charge is 2.36. The van der Waals surface area contributed by atoms with Crippen LogP contribution in [-0.2, 0) is 4.79 Å². The minimum Gasteiger partial charge on any atom is -0.322 e. The highest BCUT2D eigenvalue weighted by Crippen LogP contribution is 2.24. The molecular weight excluding hydrogens is 302 g/mol. The smallest absolute Gasteiger partial charge is 0.277 e. The van der Waals surface area contributed by atoms with Crippen LogP contribution in [0, 0.1) is 5.92 Å². The first kappa shape index (κ1) is 15.9. The van der Waals surface area contributed by atoms with Crippen molar-refractivity contribution in [3.8, 4) is 0 Å². The van der Waals surface area contributed by atoms with E-state index in [9.17, 15) is 9.59 Å². The molecule has 122 valence electrons. The molecule has 0 fully saturated rings. The molecule has 1 atom stereocenters. The van der Waals surface area contributed by atoms with Crippen molar-refractivity contribution < 1.29 is 9.59 Å². The number of nitrogens with one attached hydrogen (secondary N) is 1. The van der Waals surface area contributed by atoms with Gasteiger partial charge in [0.1, 0.15) is 11.7 Å². The van der Waals surface area contributed by atoms with Crippen molar-refractivity contribution in [3.63, 3.8) is 0 Å². The first-order valence-electron chi connectivity index (χ1n) is 7.89. The largest absolute Gasteiger partial charge is 0.322 e. The Morgan fingerprint density at radius 2 is 1.83 bits per heavy atom. The molecule has 5 nitrogen and oxygen atoms in total. The molecule has 0 saturated heterocycles. The highest BCUT2D eigenvalue weighted by molar-refractivity contribution is 6.01. The topological polar surface area (TPSA) is 62.3 Å². The fourth-order valence-corrected chi connectivity index (χ4v) is 2.78. The van der Waals surface area contributed by atoms with E-state index >= 15 is 0 Å². The number of carbonyl (C=O) groups excluding carboxylic acids is 2. The Morgan fingerprint density at radius 1 is 1.12 bits per heavy atom. The van der Waals surface area contributed by atoms with Crippen molar-refractivity contribution >= 4 is 17.5 Å². The molecule has 1 aromatic carbocycles. The third-order valence-corrected chi connectivity index (χ3v) is 3.93. The molecule has 0 bridgehead atoms. The lowest BCUT2D eigenvalue weighted by molar-refractivity contribution is -0.125. The zero-order chi connectivity index (χ0) is 17.1. The van der Waals surface area contributed by atoms with Gasteiger partial charge in [-0.1, -0.05) is 50.2 Å². The first-order valence-corrected chi connectivity index (χ1v) is 7.89. The van der Waals surface area contributed by atoms with Gasteiger partial charge < -0.3 is 5.32 Å². The monoisotopic (exact) mass is 321 g/mol. The second kappa shape index (κ2) is 6.66. The van der Waals surface area contributed by atoms with E-state index in [4.69, 9.17) is 0 Å². The lowest BCUT2D eigenvalue weighted by Gasteiger charge is -2.35. The number of nitrogens with zero attached hydrogens (tertiary/aromatic N) is 2. The molecule has 2 aromatic rings. The molecule has 1 aliphatic rings. The maximum atomic E-state index is 12.9. The number of benzene rings is 1.